The summed E-state index contributed by atoms with van der Waals surface area (Å²) < 4.78 is 0. The monoisotopic (exact) mass is 117 g/mol. The summed E-state index contributed by atoms with van der Waals surface area (Å²) in [6, 6.07) is 6.70. The molecule has 0 radical (unpaired) electrons. The molecule has 3 heteroatoms. The van der Waals surface area contributed by atoms with Crippen molar-refractivity contribution in [3.63, 3.8) is 0 Å². The van der Waals surface area contributed by atoms with Crippen molar-refractivity contribution < 1.29 is 5.11 Å². The number of nitrogens with two attached hydrogens (primary N) is 1. The van der Waals surface area contributed by atoms with E-state index < -0.39 is 0 Å². The molecule has 0 saturated heterocycles. The Balaban J connectivity index is 0.000000640. The van der Waals surface area contributed by atoms with E-state index in [1.54, 1.807) is 24.3 Å². The zero-order valence-electron chi connectivity index (χ0n) is 4.33. The van der Waals surface area contributed by atoms with Crippen molar-refractivity contribution in [3.8, 4) is 5.75 Å². The molecule has 0 saturated carbocycles. The minimum atomic E-state index is 0. The van der Waals surface area contributed by atoms with Crippen molar-refractivity contribution in [1.82, 2.24) is 0 Å². The van der Waals surface area contributed by atoms with Crippen LogP contribution in [-0.4, -0.2) is 24.0 Å². The molecule has 1 rings (SSSR count). The topological polar surface area (TPSA) is 46.2 Å². The number of phenolic OH excluding ortho intramolecular Hbond substituents is 1. The number of phenols is 1. The van der Waals surface area contributed by atoms with Crippen LogP contribution in [0.4, 0.5) is 5.69 Å². The van der Waals surface area contributed by atoms with Gasteiger partial charge < -0.3 is 10.8 Å². The third kappa shape index (κ3) is 2.01. The number of hydrogen-bond donors (Lipinski definition) is 2. The summed E-state index contributed by atoms with van der Waals surface area (Å²) in [5.41, 5.74) is 5.69. The molecule has 0 atom stereocenters. The zero-order valence-corrected chi connectivity index (χ0v) is 4.33. The molecule has 2 nitrogen and oxygen atoms in total. The first-order valence-electron chi connectivity index (χ1n) is 2.34. The Morgan fingerprint density at radius 1 is 1.22 bits per heavy atom. The molecular weight excluding hydrogens is 109 g/mol. The third-order valence-corrected chi connectivity index (χ3v) is 0.937. The van der Waals surface area contributed by atoms with Gasteiger partial charge in [-0.2, -0.15) is 0 Å². The van der Waals surface area contributed by atoms with Gasteiger partial charge in [0.05, 0.1) is 5.69 Å². The number of aromatic hydroxyl groups is 1. The van der Waals surface area contributed by atoms with Gasteiger partial charge in [0.1, 0.15) is 5.75 Å². The average Bonchev–Trinajstić information content (AvgIpc) is 1.77. The molecule has 1 aromatic carbocycles. The summed E-state index contributed by atoms with van der Waals surface area (Å²) >= 11 is 0. The second-order valence-corrected chi connectivity index (χ2v) is 1.56. The van der Waals surface area contributed by atoms with Crippen LogP contribution in [0.25, 0.3) is 0 Å². The fraction of sp³-hybridized carbons (Fsp3) is 0. The van der Waals surface area contributed by atoms with Gasteiger partial charge in [-0.3, -0.25) is 0 Å². The SMILES string of the molecule is Nc1ccccc1O.[LiH]. The van der Waals surface area contributed by atoms with Crippen molar-refractivity contribution in [2.24, 2.45) is 0 Å². The Hall–Kier alpha value is -0.583. The van der Waals surface area contributed by atoms with E-state index >= 15 is 0 Å². The summed E-state index contributed by atoms with van der Waals surface area (Å²) in [6.07, 6.45) is 0. The van der Waals surface area contributed by atoms with Crippen LogP contribution in [0.15, 0.2) is 24.3 Å². The Labute approximate surface area is 65.9 Å². The van der Waals surface area contributed by atoms with Gasteiger partial charge in [-0.1, -0.05) is 12.1 Å². The van der Waals surface area contributed by atoms with E-state index in [0.29, 0.717) is 5.69 Å². The van der Waals surface area contributed by atoms with Crippen LogP contribution in [0.1, 0.15) is 0 Å². The first-order valence-corrected chi connectivity index (χ1v) is 2.34. The van der Waals surface area contributed by atoms with Crippen molar-refractivity contribution in [1.29, 1.82) is 0 Å². The fourth-order valence-corrected chi connectivity index (χ4v) is 0.488. The van der Waals surface area contributed by atoms with Crippen molar-refractivity contribution in [3.05, 3.63) is 24.3 Å². The second kappa shape index (κ2) is 3.44. The van der Waals surface area contributed by atoms with Crippen molar-refractivity contribution in [2.75, 3.05) is 5.73 Å². The van der Waals surface area contributed by atoms with Gasteiger partial charge >= 0.3 is 18.9 Å². The van der Waals surface area contributed by atoms with Crippen LogP contribution in [0.3, 0.4) is 0 Å². The minimum absolute atomic E-state index is 0. The Bertz CT molecular complexity index is 169. The Morgan fingerprint density at radius 2 is 1.78 bits per heavy atom. The molecule has 0 amide bonds. The van der Waals surface area contributed by atoms with E-state index in [1.165, 1.54) is 0 Å². The molecule has 3 N–H and O–H groups in total. The van der Waals surface area contributed by atoms with Crippen LogP contribution in [0.2, 0.25) is 0 Å². The van der Waals surface area contributed by atoms with Crippen LogP contribution in [0.5, 0.6) is 5.75 Å². The second-order valence-electron chi connectivity index (χ2n) is 1.56. The van der Waals surface area contributed by atoms with Crippen LogP contribution >= 0.6 is 0 Å². The fourth-order valence-electron chi connectivity index (χ4n) is 0.488. The maximum atomic E-state index is 8.79. The van der Waals surface area contributed by atoms with Gasteiger partial charge in [-0.25, -0.2) is 0 Å². The van der Waals surface area contributed by atoms with E-state index in [4.69, 9.17) is 10.8 Å². The molecule has 0 heterocycles. The summed E-state index contributed by atoms with van der Waals surface area (Å²) in [6.45, 7) is 0. The number of benzene rings is 1. The first kappa shape index (κ1) is 8.42. The van der Waals surface area contributed by atoms with Crippen LogP contribution < -0.4 is 5.73 Å². The van der Waals surface area contributed by atoms with E-state index in [1.807, 2.05) is 0 Å². The summed E-state index contributed by atoms with van der Waals surface area (Å²) in [5, 5.41) is 8.79. The summed E-state index contributed by atoms with van der Waals surface area (Å²) in [4.78, 5) is 0. The molecule has 0 unspecified atom stereocenters. The molecule has 0 aromatic heterocycles. The van der Waals surface area contributed by atoms with E-state index in [0.717, 1.165) is 0 Å². The van der Waals surface area contributed by atoms with Gasteiger partial charge in [-0.15, -0.1) is 0 Å². The van der Waals surface area contributed by atoms with Gasteiger partial charge in [0.2, 0.25) is 0 Å². The van der Waals surface area contributed by atoms with Gasteiger partial charge in [0.15, 0.2) is 0 Å². The molecule has 0 bridgehead atoms. The quantitative estimate of drug-likeness (QED) is 0.292. The Morgan fingerprint density at radius 3 is 2.11 bits per heavy atom. The first-order chi connectivity index (χ1) is 3.80. The molecule has 0 aliphatic carbocycles. The van der Waals surface area contributed by atoms with Gasteiger partial charge in [0, 0.05) is 0 Å². The molecule has 0 aliphatic heterocycles. The molecule has 9 heavy (non-hydrogen) atoms. The van der Waals surface area contributed by atoms with Gasteiger partial charge in [0.25, 0.3) is 0 Å². The molecule has 0 aliphatic rings. The van der Waals surface area contributed by atoms with E-state index in [9.17, 15) is 0 Å². The van der Waals surface area contributed by atoms with Gasteiger partial charge in [-0.05, 0) is 12.1 Å². The molecule has 0 fully saturated rings. The number of hydrogen-bond acceptors (Lipinski definition) is 2. The molecule has 44 valence electrons. The maximum absolute atomic E-state index is 8.79. The van der Waals surface area contributed by atoms with Crippen LogP contribution in [0, 0.1) is 0 Å². The molecule has 0 spiro atoms. The van der Waals surface area contributed by atoms with Crippen molar-refractivity contribution in [2.45, 2.75) is 0 Å². The van der Waals surface area contributed by atoms with E-state index in [2.05, 4.69) is 0 Å². The third-order valence-electron chi connectivity index (χ3n) is 0.937. The average molecular weight is 117 g/mol. The number of nitrogen functional groups attached to an aromatic ring is 1. The van der Waals surface area contributed by atoms with Crippen LogP contribution in [-0.2, 0) is 0 Å². The Kier molecular flexibility index (Phi) is 3.22. The summed E-state index contributed by atoms with van der Waals surface area (Å²) in [7, 11) is 0. The number of anilines is 1. The van der Waals surface area contributed by atoms with Crippen molar-refractivity contribution >= 4 is 24.5 Å². The molecule has 1 aromatic rings. The molecular formula is C6H8LiNO. The zero-order chi connectivity index (χ0) is 5.98. The van der Waals surface area contributed by atoms with E-state index in [-0.39, 0.29) is 24.6 Å². The standard InChI is InChI=1S/C6H7NO.Li.H/c7-5-3-1-2-4-6(5)8;;/h1-4,8H,7H2;;. The number of rotatable bonds is 0. The normalized spacial score (nSPS) is 8.00. The number of para-hydroxylation sites is 2. The summed E-state index contributed by atoms with van der Waals surface area (Å²) in [5.74, 6) is 0.146. The predicted molar refractivity (Wildman–Crippen MR) is 39.7 cm³/mol. The predicted octanol–water partition coefficient (Wildman–Crippen LogP) is 0.326.